The predicted molar refractivity (Wildman–Crippen MR) is 101 cm³/mol. The average Bonchev–Trinajstić information content (AvgIpc) is 2.71. The highest BCUT2D eigenvalue weighted by Crippen LogP contribution is 2.27. The fraction of sp³-hybridized carbons (Fsp3) is 0.158. The molecule has 2 aromatic rings. The van der Waals surface area contributed by atoms with Gasteiger partial charge in [-0.2, -0.15) is 0 Å². The molecule has 0 fully saturated rings. The second-order valence-electron chi connectivity index (χ2n) is 6.08. The van der Waals surface area contributed by atoms with Crippen molar-refractivity contribution in [3.05, 3.63) is 70.7 Å². The first-order chi connectivity index (χ1) is 14.7. The van der Waals surface area contributed by atoms with Gasteiger partial charge in [-0.3, -0.25) is 10.7 Å². The molecular formula is C19H18F3N3O6. The molecule has 0 aliphatic carbocycles. The second-order valence-corrected chi connectivity index (χ2v) is 6.08. The van der Waals surface area contributed by atoms with Crippen LogP contribution < -0.4 is 21.3 Å². The molecule has 6 N–H and O–H groups in total. The predicted octanol–water partition coefficient (Wildman–Crippen LogP) is 2.48. The van der Waals surface area contributed by atoms with E-state index in [-0.39, 0.29) is 5.75 Å². The molecule has 0 radical (unpaired) electrons. The minimum atomic E-state index is -1.79. The van der Waals surface area contributed by atoms with Gasteiger partial charge in [-0.15, -0.1) is 0 Å². The number of nitrogens with one attached hydrogen (secondary N) is 2. The van der Waals surface area contributed by atoms with Gasteiger partial charge in [0.25, 0.3) is 0 Å². The summed E-state index contributed by atoms with van der Waals surface area (Å²) in [6.07, 6.45) is -1.21. The van der Waals surface area contributed by atoms with Crippen LogP contribution in [0.15, 0.2) is 47.7 Å². The van der Waals surface area contributed by atoms with Crippen molar-refractivity contribution in [2.45, 2.75) is 6.04 Å². The highest BCUT2D eigenvalue weighted by atomic mass is 19.2. The van der Waals surface area contributed by atoms with Gasteiger partial charge >= 0.3 is 12.1 Å². The van der Waals surface area contributed by atoms with Crippen molar-refractivity contribution in [1.29, 1.82) is 0 Å². The molecular weight excluding hydrogens is 423 g/mol. The SMILES string of the molecule is COC/C(NO)=C(\C(=O)O)C(NC(=O)Oc1ccc(N)cc1)c1cc(F)c(F)c(F)c1. The number of carboxylic acids is 1. The molecule has 0 aliphatic rings. The number of hydrogen-bond acceptors (Lipinski definition) is 7. The summed E-state index contributed by atoms with van der Waals surface area (Å²) in [5.41, 5.74) is 5.86. The third-order valence-corrected chi connectivity index (χ3v) is 3.96. The molecule has 31 heavy (non-hydrogen) atoms. The summed E-state index contributed by atoms with van der Waals surface area (Å²) < 4.78 is 50.8. The fourth-order valence-corrected chi connectivity index (χ4v) is 2.60. The van der Waals surface area contributed by atoms with Crippen LogP contribution in [0.5, 0.6) is 5.75 Å². The molecule has 0 spiro atoms. The number of carbonyl (C=O) groups excluding carboxylic acids is 1. The lowest BCUT2D eigenvalue weighted by atomic mass is 9.96. The minimum Gasteiger partial charge on any atom is -0.478 e. The molecule has 0 saturated heterocycles. The zero-order valence-corrected chi connectivity index (χ0v) is 16.0. The highest BCUT2D eigenvalue weighted by Gasteiger charge is 2.30. The Morgan fingerprint density at radius 2 is 1.71 bits per heavy atom. The highest BCUT2D eigenvalue weighted by molar-refractivity contribution is 5.90. The van der Waals surface area contributed by atoms with Crippen LogP contribution in [0.25, 0.3) is 0 Å². The third-order valence-electron chi connectivity index (χ3n) is 3.96. The topological polar surface area (TPSA) is 143 Å². The van der Waals surface area contributed by atoms with Crippen LogP contribution >= 0.6 is 0 Å². The Kier molecular flexibility index (Phi) is 7.82. The number of carbonyl (C=O) groups is 2. The van der Waals surface area contributed by atoms with Crippen molar-refractivity contribution < 1.29 is 42.5 Å². The van der Waals surface area contributed by atoms with Crippen molar-refractivity contribution in [2.75, 3.05) is 19.5 Å². The zero-order valence-electron chi connectivity index (χ0n) is 16.0. The molecule has 9 nitrogen and oxygen atoms in total. The molecule has 12 heteroatoms. The molecule has 2 rings (SSSR count). The van der Waals surface area contributed by atoms with Gasteiger partial charge < -0.3 is 25.6 Å². The van der Waals surface area contributed by atoms with E-state index in [0.717, 1.165) is 0 Å². The van der Waals surface area contributed by atoms with E-state index in [1.807, 2.05) is 0 Å². The van der Waals surface area contributed by atoms with E-state index in [0.29, 0.717) is 17.8 Å². The van der Waals surface area contributed by atoms with Gasteiger partial charge in [0.15, 0.2) is 17.5 Å². The lowest BCUT2D eigenvalue weighted by Crippen LogP contribution is -2.36. The number of amides is 1. The molecule has 1 unspecified atom stereocenters. The van der Waals surface area contributed by atoms with E-state index >= 15 is 0 Å². The van der Waals surface area contributed by atoms with E-state index in [4.69, 9.17) is 15.2 Å². The molecule has 0 aromatic heterocycles. The third kappa shape index (κ3) is 5.87. The van der Waals surface area contributed by atoms with Crippen molar-refractivity contribution in [2.24, 2.45) is 0 Å². The van der Waals surface area contributed by atoms with Crippen molar-refractivity contribution in [3.8, 4) is 5.75 Å². The Hall–Kier alpha value is -3.77. The Balaban J connectivity index is 2.52. The Morgan fingerprint density at radius 3 is 2.19 bits per heavy atom. The monoisotopic (exact) mass is 441 g/mol. The van der Waals surface area contributed by atoms with Gasteiger partial charge in [0.1, 0.15) is 5.75 Å². The van der Waals surface area contributed by atoms with Crippen LogP contribution in [-0.2, 0) is 9.53 Å². The summed E-state index contributed by atoms with van der Waals surface area (Å²) in [6, 6.07) is 4.77. The number of anilines is 1. The first kappa shape index (κ1) is 23.5. The van der Waals surface area contributed by atoms with E-state index in [1.54, 1.807) is 5.48 Å². The van der Waals surface area contributed by atoms with Gasteiger partial charge in [-0.25, -0.2) is 22.8 Å². The minimum absolute atomic E-state index is 0.0279. The van der Waals surface area contributed by atoms with Crippen LogP contribution in [0.3, 0.4) is 0 Å². The maximum atomic E-state index is 13.8. The number of halogens is 3. The molecule has 1 amide bonds. The smallest absolute Gasteiger partial charge is 0.413 e. The summed E-state index contributed by atoms with van der Waals surface area (Å²) in [6.45, 7) is -0.477. The quantitative estimate of drug-likeness (QED) is 0.182. The number of nitrogen functional groups attached to an aromatic ring is 1. The zero-order chi connectivity index (χ0) is 23.1. The number of carboxylic acid groups (broad SMARTS) is 1. The Bertz CT molecular complexity index is 975. The van der Waals surface area contributed by atoms with Gasteiger partial charge in [0.2, 0.25) is 0 Å². The molecule has 1 atom stereocenters. The number of nitrogens with two attached hydrogens (primary N) is 1. The molecule has 0 aliphatic heterocycles. The number of methoxy groups -OCH3 is 1. The number of hydrogen-bond donors (Lipinski definition) is 5. The number of aliphatic carboxylic acids is 1. The fourth-order valence-electron chi connectivity index (χ4n) is 2.60. The molecule has 166 valence electrons. The largest absolute Gasteiger partial charge is 0.478 e. The molecule has 0 heterocycles. The first-order valence-electron chi connectivity index (χ1n) is 8.51. The average molecular weight is 441 g/mol. The van der Waals surface area contributed by atoms with Gasteiger partial charge in [0, 0.05) is 12.8 Å². The Morgan fingerprint density at radius 1 is 1.13 bits per heavy atom. The van der Waals surface area contributed by atoms with E-state index in [1.165, 1.54) is 31.4 Å². The summed E-state index contributed by atoms with van der Waals surface area (Å²) in [7, 11) is 1.19. The maximum Gasteiger partial charge on any atom is 0.413 e. The lowest BCUT2D eigenvalue weighted by molar-refractivity contribution is -0.133. The van der Waals surface area contributed by atoms with Crippen LogP contribution in [0.2, 0.25) is 0 Å². The summed E-state index contributed by atoms with van der Waals surface area (Å²) in [5, 5.41) is 21.1. The standard InChI is InChI=1S/C19H18F3N3O6/c1-30-8-14(25-29)15(18(26)27)17(9-6-12(20)16(22)13(21)7-9)24-19(28)31-11-4-2-10(23)3-5-11/h2-7,17,25,29H,8,23H2,1H3,(H,24,28)(H,26,27)/b15-14+. The van der Waals surface area contributed by atoms with Crippen LogP contribution in [-0.4, -0.2) is 36.1 Å². The van der Waals surface area contributed by atoms with Crippen molar-refractivity contribution in [1.82, 2.24) is 10.8 Å². The number of benzene rings is 2. The van der Waals surface area contributed by atoms with Gasteiger partial charge in [-0.05, 0) is 42.0 Å². The maximum absolute atomic E-state index is 13.8. The number of rotatable bonds is 8. The van der Waals surface area contributed by atoms with Crippen LogP contribution in [0.4, 0.5) is 23.7 Å². The van der Waals surface area contributed by atoms with Gasteiger partial charge in [-0.1, -0.05) is 0 Å². The van der Waals surface area contributed by atoms with Crippen LogP contribution in [0, 0.1) is 17.5 Å². The summed E-state index contributed by atoms with van der Waals surface area (Å²) in [5.74, 6) is -6.69. The van der Waals surface area contributed by atoms with Gasteiger partial charge in [0.05, 0.1) is 23.9 Å². The van der Waals surface area contributed by atoms with Crippen molar-refractivity contribution in [3.63, 3.8) is 0 Å². The van der Waals surface area contributed by atoms with E-state index in [9.17, 15) is 33.1 Å². The summed E-state index contributed by atoms with van der Waals surface area (Å²) >= 11 is 0. The van der Waals surface area contributed by atoms with E-state index < -0.39 is 59.0 Å². The first-order valence-corrected chi connectivity index (χ1v) is 8.51. The lowest BCUT2D eigenvalue weighted by Gasteiger charge is -2.22. The number of hydroxylamine groups is 1. The number of ether oxygens (including phenoxy) is 2. The van der Waals surface area contributed by atoms with Crippen LogP contribution in [0.1, 0.15) is 11.6 Å². The molecule has 0 bridgehead atoms. The Labute approximate surface area is 173 Å². The van der Waals surface area contributed by atoms with Crippen molar-refractivity contribution >= 4 is 17.7 Å². The van der Waals surface area contributed by atoms with E-state index in [2.05, 4.69) is 5.32 Å². The second kappa shape index (κ2) is 10.3. The molecule has 0 saturated carbocycles. The summed E-state index contributed by atoms with van der Waals surface area (Å²) in [4.78, 5) is 24.2. The normalized spacial score (nSPS) is 12.5. The molecule has 2 aromatic carbocycles.